The summed E-state index contributed by atoms with van der Waals surface area (Å²) in [5, 5.41) is 0. The van der Waals surface area contributed by atoms with Gasteiger partial charge in [-0.15, -0.1) is 0 Å². The molecule has 3 heteroatoms. The third-order valence-corrected chi connectivity index (χ3v) is 4.26. The Balaban J connectivity index is 1.68. The maximum Gasteiger partial charge on any atom is 0.225 e. The van der Waals surface area contributed by atoms with Crippen LogP contribution in [0.25, 0.3) is 0 Å². The second-order valence-electron chi connectivity index (χ2n) is 5.93. The molecule has 1 atom stereocenters. The molecule has 2 aromatic rings. The Hall–Kier alpha value is -1.90. The zero-order valence-corrected chi connectivity index (χ0v) is 12.7. The minimum Gasteiger partial charge on any atom is -0.338 e. The van der Waals surface area contributed by atoms with Gasteiger partial charge in [-0.2, -0.15) is 0 Å². The van der Waals surface area contributed by atoms with Gasteiger partial charge in [-0.05, 0) is 50.2 Å². The van der Waals surface area contributed by atoms with Crippen LogP contribution in [-0.4, -0.2) is 22.6 Å². The van der Waals surface area contributed by atoms with E-state index in [0.717, 1.165) is 24.5 Å². The minimum atomic E-state index is 0.571. The smallest absolute Gasteiger partial charge is 0.225 e. The molecule has 0 radical (unpaired) electrons. The van der Waals surface area contributed by atoms with Crippen LogP contribution in [0.2, 0.25) is 0 Å². The summed E-state index contributed by atoms with van der Waals surface area (Å²) in [6.07, 6.45) is 9.98. The molecule has 3 rings (SSSR count). The van der Waals surface area contributed by atoms with E-state index < -0.39 is 0 Å². The highest BCUT2D eigenvalue weighted by molar-refractivity contribution is 5.32. The zero-order valence-electron chi connectivity index (χ0n) is 12.7. The van der Waals surface area contributed by atoms with Crippen LogP contribution in [-0.2, 0) is 6.42 Å². The number of anilines is 1. The van der Waals surface area contributed by atoms with Gasteiger partial charge < -0.3 is 4.90 Å². The summed E-state index contributed by atoms with van der Waals surface area (Å²) in [7, 11) is 0. The van der Waals surface area contributed by atoms with E-state index in [-0.39, 0.29) is 0 Å². The van der Waals surface area contributed by atoms with Crippen molar-refractivity contribution in [2.75, 3.05) is 11.4 Å². The van der Waals surface area contributed by atoms with Gasteiger partial charge in [0.05, 0.1) is 0 Å². The van der Waals surface area contributed by atoms with Crippen molar-refractivity contribution in [3.05, 3.63) is 53.9 Å². The zero-order chi connectivity index (χ0) is 14.5. The lowest BCUT2D eigenvalue weighted by Crippen LogP contribution is -2.41. The quantitative estimate of drug-likeness (QED) is 0.854. The van der Waals surface area contributed by atoms with Crippen molar-refractivity contribution < 1.29 is 0 Å². The highest BCUT2D eigenvalue weighted by Crippen LogP contribution is 2.24. The second-order valence-corrected chi connectivity index (χ2v) is 5.93. The van der Waals surface area contributed by atoms with E-state index in [4.69, 9.17) is 0 Å². The maximum absolute atomic E-state index is 4.52. The number of nitrogens with zero attached hydrogens (tertiary/aromatic N) is 3. The largest absolute Gasteiger partial charge is 0.338 e. The number of aromatic nitrogens is 2. The molecule has 0 saturated carbocycles. The summed E-state index contributed by atoms with van der Waals surface area (Å²) in [6, 6.07) is 11.3. The number of aryl methyl sites for hydroxylation is 2. The average molecular weight is 281 g/mol. The molecule has 0 aliphatic carbocycles. The van der Waals surface area contributed by atoms with Crippen molar-refractivity contribution in [1.82, 2.24) is 9.97 Å². The van der Waals surface area contributed by atoms with Gasteiger partial charge >= 0.3 is 0 Å². The SMILES string of the molecule is Cc1cnc(N2CCCCC2CCc2ccccc2)nc1. The molecule has 2 heterocycles. The minimum absolute atomic E-state index is 0.571. The van der Waals surface area contributed by atoms with Gasteiger partial charge in [0.15, 0.2) is 0 Å². The van der Waals surface area contributed by atoms with Crippen molar-refractivity contribution in [3.63, 3.8) is 0 Å². The maximum atomic E-state index is 4.52. The lowest BCUT2D eigenvalue weighted by molar-refractivity contribution is 0.431. The van der Waals surface area contributed by atoms with E-state index >= 15 is 0 Å². The van der Waals surface area contributed by atoms with Crippen molar-refractivity contribution in [3.8, 4) is 0 Å². The van der Waals surface area contributed by atoms with Crippen LogP contribution in [0.3, 0.4) is 0 Å². The summed E-state index contributed by atoms with van der Waals surface area (Å²) in [5.41, 5.74) is 2.55. The first-order chi connectivity index (χ1) is 10.3. The summed E-state index contributed by atoms with van der Waals surface area (Å²) in [4.78, 5) is 11.5. The molecule has 0 spiro atoms. The Kier molecular flexibility index (Phi) is 4.49. The Bertz CT molecular complexity index is 550. The van der Waals surface area contributed by atoms with Crippen molar-refractivity contribution in [2.45, 2.75) is 45.1 Å². The predicted molar refractivity (Wildman–Crippen MR) is 86.5 cm³/mol. The van der Waals surface area contributed by atoms with Gasteiger partial charge in [-0.1, -0.05) is 30.3 Å². The molecule has 0 N–H and O–H groups in total. The first-order valence-electron chi connectivity index (χ1n) is 7.92. The van der Waals surface area contributed by atoms with Crippen molar-refractivity contribution in [1.29, 1.82) is 0 Å². The van der Waals surface area contributed by atoms with Crippen molar-refractivity contribution >= 4 is 5.95 Å². The molecule has 1 aromatic heterocycles. The Morgan fingerprint density at radius 2 is 1.86 bits per heavy atom. The molecule has 110 valence electrons. The second kappa shape index (κ2) is 6.70. The number of piperidine rings is 1. The Morgan fingerprint density at radius 1 is 1.10 bits per heavy atom. The van der Waals surface area contributed by atoms with Crippen LogP contribution in [0.4, 0.5) is 5.95 Å². The lowest BCUT2D eigenvalue weighted by Gasteiger charge is -2.36. The fraction of sp³-hybridized carbons (Fsp3) is 0.444. The average Bonchev–Trinajstić information content (AvgIpc) is 2.55. The molecule has 1 fully saturated rings. The first kappa shape index (κ1) is 14.1. The van der Waals surface area contributed by atoms with E-state index in [1.807, 2.05) is 19.3 Å². The van der Waals surface area contributed by atoms with Crippen LogP contribution in [0.1, 0.15) is 36.8 Å². The van der Waals surface area contributed by atoms with E-state index in [1.54, 1.807) is 0 Å². The topological polar surface area (TPSA) is 29.0 Å². The number of benzene rings is 1. The van der Waals surface area contributed by atoms with Gasteiger partial charge in [0.25, 0.3) is 0 Å². The molecule has 1 aromatic carbocycles. The summed E-state index contributed by atoms with van der Waals surface area (Å²) in [6.45, 7) is 3.12. The number of rotatable bonds is 4. The summed E-state index contributed by atoms with van der Waals surface area (Å²) >= 11 is 0. The molecule has 1 aliphatic rings. The fourth-order valence-electron chi connectivity index (χ4n) is 3.08. The highest BCUT2D eigenvalue weighted by Gasteiger charge is 2.24. The van der Waals surface area contributed by atoms with Gasteiger partial charge in [0.2, 0.25) is 5.95 Å². The van der Waals surface area contributed by atoms with Crippen LogP contribution in [0.5, 0.6) is 0 Å². The molecule has 1 unspecified atom stereocenters. The summed E-state index contributed by atoms with van der Waals surface area (Å²) in [5.74, 6) is 0.901. The first-order valence-corrected chi connectivity index (χ1v) is 7.92. The monoisotopic (exact) mass is 281 g/mol. The van der Waals surface area contributed by atoms with Crippen LogP contribution in [0, 0.1) is 6.92 Å². The molecule has 21 heavy (non-hydrogen) atoms. The number of hydrogen-bond donors (Lipinski definition) is 0. The number of hydrogen-bond acceptors (Lipinski definition) is 3. The predicted octanol–water partition coefficient (Wildman–Crippen LogP) is 3.78. The van der Waals surface area contributed by atoms with Gasteiger partial charge in [-0.3, -0.25) is 0 Å². The molecule has 1 aliphatic heterocycles. The molecular weight excluding hydrogens is 258 g/mol. The molecule has 0 bridgehead atoms. The van der Waals surface area contributed by atoms with Gasteiger partial charge in [0, 0.05) is 25.0 Å². The van der Waals surface area contributed by atoms with Gasteiger partial charge in [-0.25, -0.2) is 9.97 Å². The van der Waals surface area contributed by atoms with Gasteiger partial charge in [0.1, 0.15) is 0 Å². The van der Waals surface area contributed by atoms with Crippen LogP contribution < -0.4 is 4.90 Å². The van der Waals surface area contributed by atoms with Crippen molar-refractivity contribution in [2.24, 2.45) is 0 Å². The van der Waals surface area contributed by atoms with E-state index in [0.29, 0.717) is 6.04 Å². The standard InChI is InChI=1S/C18H23N3/c1-15-13-19-18(20-14-15)21-12-6-5-9-17(21)11-10-16-7-3-2-4-8-16/h2-4,7-8,13-14,17H,5-6,9-12H2,1H3. The van der Waals surface area contributed by atoms with Crippen LogP contribution >= 0.6 is 0 Å². The Labute approximate surface area is 127 Å². The molecule has 0 amide bonds. The lowest BCUT2D eigenvalue weighted by atomic mass is 9.96. The Morgan fingerprint density at radius 3 is 2.62 bits per heavy atom. The third kappa shape index (κ3) is 3.60. The third-order valence-electron chi connectivity index (χ3n) is 4.26. The summed E-state index contributed by atoms with van der Waals surface area (Å²) < 4.78 is 0. The molecule has 1 saturated heterocycles. The molecule has 3 nitrogen and oxygen atoms in total. The van der Waals surface area contributed by atoms with E-state index in [1.165, 1.54) is 31.2 Å². The van der Waals surface area contributed by atoms with E-state index in [2.05, 4.69) is 45.2 Å². The molecular formula is C18H23N3. The highest BCUT2D eigenvalue weighted by atomic mass is 15.3. The van der Waals surface area contributed by atoms with E-state index in [9.17, 15) is 0 Å². The normalized spacial score (nSPS) is 18.7. The van der Waals surface area contributed by atoms with Crippen LogP contribution in [0.15, 0.2) is 42.7 Å². The fourth-order valence-corrected chi connectivity index (χ4v) is 3.08.